The van der Waals surface area contributed by atoms with Crippen molar-refractivity contribution in [3.05, 3.63) is 0 Å². The van der Waals surface area contributed by atoms with E-state index in [4.69, 9.17) is 9.47 Å². The van der Waals surface area contributed by atoms with E-state index >= 15 is 0 Å². The van der Waals surface area contributed by atoms with Crippen molar-refractivity contribution in [3.8, 4) is 0 Å². The van der Waals surface area contributed by atoms with Crippen LogP contribution in [0.5, 0.6) is 0 Å². The number of hydrogen-bond acceptors (Lipinski definition) is 4. The first-order valence-electron chi connectivity index (χ1n) is 6.26. The van der Waals surface area contributed by atoms with Gasteiger partial charge in [0, 0.05) is 13.1 Å². The monoisotopic (exact) mass is 231 g/mol. The highest BCUT2D eigenvalue weighted by Gasteiger charge is 2.24. The third-order valence-electron chi connectivity index (χ3n) is 3.22. The lowest BCUT2D eigenvalue weighted by Gasteiger charge is -2.30. The molecule has 96 valence electrons. The lowest BCUT2D eigenvalue weighted by Crippen LogP contribution is -2.46. The summed E-state index contributed by atoms with van der Waals surface area (Å²) in [6.45, 7) is 8.70. The third kappa shape index (κ3) is 4.37. The van der Waals surface area contributed by atoms with Crippen LogP contribution in [0.25, 0.3) is 0 Å². The second kappa shape index (κ2) is 6.55. The van der Waals surface area contributed by atoms with Gasteiger partial charge in [0.1, 0.15) is 0 Å². The summed E-state index contributed by atoms with van der Waals surface area (Å²) in [5.74, 6) is 0. The zero-order chi connectivity index (χ0) is 12.0. The molecule has 16 heavy (non-hydrogen) atoms. The number of aliphatic hydroxyl groups is 1. The van der Waals surface area contributed by atoms with Crippen molar-refractivity contribution in [1.82, 2.24) is 5.32 Å². The molecule has 0 radical (unpaired) electrons. The van der Waals surface area contributed by atoms with Crippen molar-refractivity contribution in [2.45, 2.75) is 51.4 Å². The van der Waals surface area contributed by atoms with Crippen LogP contribution in [-0.2, 0) is 9.47 Å². The molecule has 4 heteroatoms. The fraction of sp³-hybridized carbons (Fsp3) is 1.00. The number of morpholine rings is 1. The van der Waals surface area contributed by atoms with Gasteiger partial charge in [-0.25, -0.2) is 0 Å². The van der Waals surface area contributed by atoms with Gasteiger partial charge in [-0.2, -0.15) is 0 Å². The molecule has 0 spiro atoms. The predicted octanol–water partition coefficient (Wildman–Crippen LogP) is 0.931. The molecule has 1 aliphatic heterocycles. The summed E-state index contributed by atoms with van der Waals surface area (Å²) in [7, 11) is 0. The molecule has 0 aromatic carbocycles. The number of rotatable bonds is 6. The minimum Gasteiger partial charge on any atom is -0.388 e. The highest BCUT2D eigenvalue weighted by Crippen LogP contribution is 2.15. The predicted molar refractivity (Wildman–Crippen MR) is 63.6 cm³/mol. The van der Waals surface area contributed by atoms with Crippen LogP contribution in [0.2, 0.25) is 0 Å². The van der Waals surface area contributed by atoms with E-state index in [9.17, 15) is 5.11 Å². The fourth-order valence-corrected chi connectivity index (χ4v) is 1.81. The molecule has 2 N–H and O–H groups in total. The first kappa shape index (κ1) is 13.9. The highest BCUT2D eigenvalue weighted by atomic mass is 16.5. The molecule has 0 bridgehead atoms. The summed E-state index contributed by atoms with van der Waals surface area (Å²) >= 11 is 0. The Kier molecular flexibility index (Phi) is 5.69. The normalized spacial score (nSPS) is 27.0. The van der Waals surface area contributed by atoms with E-state index in [-0.39, 0.29) is 12.2 Å². The van der Waals surface area contributed by atoms with Crippen LogP contribution in [0.15, 0.2) is 0 Å². The van der Waals surface area contributed by atoms with Crippen LogP contribution in [0.4, 0.5) is 0 Å². The summed E-state index contributed by atoms with van der Waals surface area (Å²) in [5.41, 5.74) is -0.673. The molecule has 0 aromatic rings. The molecular weight excluding hydrogens is 206 g/mol. The van der Waals surface area contributed by atoms with E-state index in [0.717, 1.165) is 25.9 Å². The molecule has 1 fully saturated rings. The van der Waals surface area contributed by atoms with Crippen LogP contribution in [-0.4, -0.2) is 49.2 Å². The zero-order valence-electron chi connectivity index (χ0n) is 10.7. The second-order valence-electron chi connectivity index (χ2n) is 4.67. The van der Waals surface area contributed by atoms with Gasteiger partial charge in [-0.1, -0.05) is 13.8 Å². The Balaban J connectivity index is 2.19. The Morgan fingerprint density at radius 3 is 2.62 bits per heavy atom. The largest absolute Gasteiger partial charge is 0.388 e. The summed E-state index contributed by atoms with van der Waals surface area (Å²) in [5, 5.41) is 13.3. The van der Waals surface area contributed by atoms with Gasteiger partial charge in [-0.3, -0.25) is 0 Å². The average molecular weight is 231 g/mol. The van der Waals surface area contributed by atoms with E-state index in [1.165, 1.54) is 0 Å². The summed E-state index contributed by atoms with van der Waals surface area (Å²) in [6.07, 6.45) is 1.81. The van der Waals surface area contributed by atoms with Crippen LogP contribution in [0.1, 0.15) is 33.6 Å². The van der Waals surface area contributed by atoms with Gasteiger partial charge >= 0.3 is 0 Å². The molecule has 2 atom stereocenters. The van der Waals surface area contributed by atoms with Gasteiger partial charge in [-0.15, -0.1) is 0 Å². The third-order valence-corrected chi connectivity index (χ3v) is 3.22. The first-order valence-corrected chi connectivity index (χ1v) is 6.26. The quantitative estimate of drug-likeness (QED) is 0.714. The van der Waals surface area contributed by atoms with E-state index in [1.54, 1.807) is 0 Å². The van der Waals surface area contributed by atoms with Crippen molar-refractivity contribution in [2.75, 3.05) is 26.3 Å². The van der Waals surface area contributed by atoms with Gasteiger partial charge in [0.2, 0.25) is 0 Å². The molecule has 1 aliphatic rings. The smallest absolute Gasteiger partial charge is 0.0936 e. The number of hydrogen-bond donors (Lipinski definition) is 2. The molecule has 0 amide bonds. The van der Waals surface area contributed by atoms with Crippen molar-refractivity contribution in [2.24, 2.45) is 0 Å². The fourth-order valence-electron chi connectivity index (χ4n) is 1.81. The Bertz CT molecular complexity index is 195. The van der Waals surface area contributed by atoms with Crippen LogP contribution in [0.3, 0.4) is 0 Å². The molecule has 1 heterocycles. The zero-order valence-corrected chi connectivity index (χ0v) is 10.7. The van der Waals surface area contributed by atoms with Crippen molar-refractivity contribution in [1.29, 1.82) is 0 Å². The lowest BCUT2D eigenvalue weighted by atomic mass is 9.99. The summed E-state index contributed by atoms with van der Waals surface area (Å²) in [6, 6.07) is 0. The van der Waals surface area contributed by atoms with Crippen LogP contribution in [0, 0.1) is 0 Å². The molecule has 0 saturated carbocycles. The average Bonchev–Trinajstić information content (AvgIpc) is 2.29. The van der Waals surface area contributed by atoms with Gasteiger partial charge in [0.05, 0.1) is 31.0 Å². The molecule has 0 aromatic heterocycles. The lowest BCUT2D eigenvalue weighted by molar-refractivity contribution is -0.102. The van der Waals surface area contributed by atoms with Gasteiger partial charge in [0.25, 0.3) is 0 Å². The van der Waals surface area contributed by atoms with E-state index in [2.05, 4.69) is 5.32 Å². The maximum absolute atomic E-state index is 10.0. The highest BCUT2D eigenvalue weighted by molar-refractivity contribution is 4.75. The molecule has 2 unspecified atom stereocenters. The van der Waals surface area contributed by atoms with E-state index < -0.39 is 5.60 Å². The minimum atomic E-state index is -0.673. The standard InChI is InChI=1S/C12H25NO3/c1-4-12(14,5-2)9-15-8-11-7-13-6-10(3)16-11/h10-11,13-14H,4-9H2,1-3H3. The van der Waals surface area contributed by atoms with Crippen LogP contribution < -0.4 is 5.32 Å². The minimum absolute atomic E-state index is 0.113. The Morgan fingerprint density at radius 2 is 2.06 bits per heavy atom. The van der Waals surface area contributed by atoms with E-state index in [1.807, 2.05) is 20.8 Å². The van der Waals surface area contributed by atoms with Gasteiger partial charge < -0.3 is 19.9 Å². The maximum atomic E-state index is 10.0. The van der Waals surface area contributed by atoms with Crippen molar-refractivity contribution in [3.63, 3.8) is 0 Å². The molecule has 0 aliphatic carbocycles. The summed E-state index contributed by atoms with van der Waals surface area (Å²) in [4.78, 5) is 0. The SMILES string of the molecule is CCC(O)(CC)COCC1CNCC(C)O1. The second-order valence-corrected chi connectivity index (χ2v) is 4.67. The maximum Gasteiger partial charge on any atom is 0.0936 e. The van der Waals surface area contributed by atoms with Crippen LogP contribution >= 0.6 is 0 Å². The Morgan fingerprint density at radius 1 is 1.38 bits per heavy atom. The van der Waals surface area contributed by atoms with Crippen molar-refractivity contribution >= 4 is 0 Å². The topological polar surface area (TPSA) is 50.7 Å². The van der Waals surface area contributed by atoms with Crippen molar-refractivity contribution < 1.29 is 14.6 Å². The van der Waals surface area contributed by atoms with Gasteiger partial charge in [0.15, 0.2) is 0 Å². The summed E-state index contributed by atoms with van der Waals surface area (Å²) < 4.78 is 11.3. The van der Waals surface area contributed by atoms with E-state index in [0.29, 0.717) is 13.2 Å². The Labute approximate surface area is 98.3 Å². The molecule has 1 rings (SSSR count). The molecule has 1 saturated heterocycles. The van der Waals surface area contributed by atoms with Gasteiger partial charge in [-0.05, 0) is 19.8 Å². The Hall–Kier alpha value is -0.160. The number of ether oxygens (including phenoxy) is 2. The first-order chi connectivity index (χ1) is 7.59. The number of nitrogens with one attached hydrogen (secondary N) is 1. The molecule has 4 nitrogen and oxygen atoms in total. The molecular formula is C12H25NO3.